The van der Waals surface area contributed by atoms with Crippen LogP contribution in [0.1, 0.15) is 213 Å². The van der Waals surface area contributed by atoms with Crippen LogP contribution < -0.4 is 0 Å². The van der Waals surface area contributed by atoms with Crippen LogP contribution in [0, 0.1) is 0 Å². The lowest BCUT2D eigenvalue weighted by Gasteiger charge is -2.22. The lowest BCUT2D eigenvalue weighted by atomic mass is 10.0. The Balaban J connectivity index is 2.36. The van der Waals surface area contributed by atoms with Crippen molar-refractivity contribution >= 4 is 23.9 Å². The molecule has 1 aliphatic heterocycles. The van der Waals surface area contributed by atoms with Crippen molar-refractivity contribution < 1.29 is 38.1 Å². The molecule has 10 nitrogen and oxygen atoms in total. The molecule has 334 valence electrons. The van der Waals surface area contributed by atoms with Crippen molar-refractivity contribution in [3.8, 4) is 0 Å². The van der Waals surface area contributed by atoms with Crippen molar-refractivity contribution in [3.05, 3.63) is 0 Å². The van der Waals surface area contributed by atoms with Gasteiger partial charge in [-0.05, 0) is 78.4 Å². The molecular weight excluding hydrogens is 721 g/mol. The fourth-order valence-electron chi connectivity index (χ4n) is 7.53. The molecule has 0 aromatic carbocycles. The SMILES string of the molecule is CCCCCCCCCCCOC(=O)CCCCCN1CC(OC(=O)CCN(C)C)C[C@H]1C(=O)OCCCCCCCC(=O)OC(CCCCC)CCCCCC. The van der Waals surface area contributed by atoms with Crippen molar-refractivity contribution in [3.63, 3.8) is 0 Å². The maximum absolute atomic E-state index is 13.3. The number of ether oxygens (including phenoxy) is 4. The van der Waals surface area contributed by atoms with E-state index in [1.807, 2.05) is 19.0 Å². The monoisotopic (exact) mass is 809 g/mol. The second kappa shape index (κ2) is 36.8. The number of carbonyl (C=O) groups excluding carboxylic acids is 4. The molecular formula is C47H88N2O8. The Morgan fingerprint density at radius 3 is 1.67 bits per heavy atom. The van der Waals surface area contributed by atoms with Crippen LogP contribution >= 0.6 is 0 Å². The van der Waals surface area contributed by atoms with E-state index in [9.17, 15) is 19.2 Å². The molecule has 10 heteroatoms. The lowest BCUT2D eigenvalue weighted by molar-refractivity contribution is -0.151. The first-order chi connectivity index (χ1) is 27.7. The topological polar surface area (TPSA) is 112 Å². The van der Waals surface area contributed by atoms with Crippen LogP contribution in [-0.2, 0) is 38.1 Å². The van der Waals surface area contributed by atoms with E-state index in [0.29, 0.717) is 58.5 Å². The minimum Gasteiger partial charge on any atom is -0.466 e. The van der Waals surface area contributed by atoms with Crippen molar-refractivity contribution in [1.29, 1.82) is 0 Å². The summed E-state index contributed by atoms with van der Waals surface area (Å²) < 4.78 is 22.9. The van der Waals surface area contributed by atoms with Gasteiger partial charge in [0.25, 0.3) is 0 Å². The maximum Gasteiger partial charge on any atom is 0.323 e. The number of rotatable bonds is 39. The number of esters is 4. The van der Waals surface area contributed by atoms with Gasteiger partial charge in [0.05, 0.1) is 19.6 Å². The van der Waals surface area contributed by atoms with Crippen LogP contribution in [0.3, 0.4) is 0 Å². The van der Waals surface area contributed by atoms with Gasteiger partial charge >= 0.3 is 23.9 Å². The summed E-state index contributed by atoms with van der Waals surface area (Å²) in [6.45, 7) is 9.33. The lowest BCUT2D eigenvalue weighted by Crippen LogP contribution is -2.38. The van der Waals surface area contributed by atoms with Crippen LogP contribution in [-0.4, -0.2) is 98.9 Å². The summed E-state index contributed by atoms with van der Waals surface area (Å²) in [5.74, 6) is -0.691. The molecule has 3 atom stereocenters. The number of nitrogens with zero attached hydrogens (tertiary/aromatic N) is 2. The molecule has 1 saturated heterocycles. The van der Waals surface area contributed by atoms with Gasteiger partial charge in [0.1, 0.15) is 18.2 Å². The smallest absolute Gasteiger partial charge is 0.323 e. The molecule has 1 aliphatic rings. The van der Waals surface area contributed by atoms with E-state index < -0.39 is 6.04 Å². The van der Waals surface area contributed by atoms with Crippen LogP contribution in [0.15, 0.2) is 0 Å². The van der Waals surface area contributed by atoms with E-state index in [2.05, 4.69) is 25.7 Å². The fraction of sp³-hybridized carbons (Fsp3) is 0.915. The summed E-state index contributed by atoms with van der Waals surface area (Å²) in [7, 11) is 3.85. The Hall–Kier alpha value is -2.20. The summed E-state index contributed by atoms with van der Waals surface area (Å²) in [5, 5.41) is 0. The predicted octanol–water partition coefficient (Wildman–Crippen LogP) is 10.9. The standard InChI is InChI=1S/C47H88N2O8/c1-6-9-12-14-15-16-17-20-28-37-54-44(50)32-26-22-27-35-49-40-42(57-46(52)34-36-48(4)5)39-43(49)47(53)55-38-29-21-18-19-25-33-45(51)56-41(30-23-11-8-3)31-24-13-10-7-2/h41-43H,6-40H2,1-5H3/t41?,42?,43-/m0/s1. The molecule has 1 fully saturated rings. The number of likely N-dealkylation sites (tertiary alicyclic amines) is 1. The highest BCUT2D eigenvalue weighted by molar-refractivity contribution is 5.76. The first-order valence-electron chi connectivity index (χ1n) is 23.8. The van der Waals surface area contributed by atoms with Gasteiger partial charge in [-0.1, -0.05) is 130 Å². The molecule has 0 radical (unpaired) electrons. The average molecular weight is 809 g/mol. The minimum absolute atomic E-state index is 0.0616. The number of hydrogen-bond acceptors (Lipinski definition) is 10. The molecule has 0 spiro atoms. The second-order valence-corrected chi connectivity index (χ2v) is 16.9. The van der Waals surface area contributed by atoms with Gasteiger partial charge in [-0.15, -0.1) is 0 Å². The van der Waals surface area contributed by atoms with E-state index in [0.717, 1.165) is 89.9 Å². The normalized spacial score (nSPS) is 16.2. The van der Waals surface area contributed by atoms with Gasteiger partial charge in [-0.3, -0.25) is 24.1 Å². The Labute approximate surface area is 349 Å². The predicted molar refractivity (Wildman–Crippen MR) is 231 cm³/mol. The van der Waals surface area contributed by atoms with E-state index >= 15 is 0 Å². The molecule has 0 amide bonds. The van der Waals surface area contributed by atoms with E-state index in [1.165, 1.54) is 77.0 Å². The highest BCUT2D eigenvalue weighted by Gasteiger charge is 2.39. The first kappa shape index (κ1) is 52.8. The molecule has 0 N–H and O–H groups in total. The number of carbonyl (C=O) groups is 4. The Morgan fingerprint density at radius 2 is 1.05 bits per heavy atom. The summed E-state index contributed by atoms with van der Waals surface area (Å²) in [4.78, 5) is 54.6. The fourth-order valence-corrected chi connectivity index (χ4v) is 7.53. The Morgan fingerprint density at radius 1 is 0.561 bits per heavy atom. The maximum atomic E-state index is 13.3. The van der Waals surface area contributed by atoms with Gasteiger partial charge in [0.15, 0.2) is 0 Å². The average Bonchev–Trinajstić information content (AvgIpc) is 3.59. The molecule has 1 heterocycles. The Kier molecular flexibility index (Phi) is 34.1. The van der Waals surface area contributed by atoms with Crippen LogP contribution in [0.2, 0.25) is 0 Å². The zero-order chi connectivity index (χ0) is 41.8. The molecule has 0 saturated carbocycles. The minimum atomic E-state index is -0.443. The highest BCUT2D eigenvalue weighted by Crippen LogP contribution is 2.24. The largest absolute Gasteiger partial charge is 0.466 e. The zero-order valence-electron chi connectivity index (χ0n) is 37.6. The molecule has 0 bridgehead atoms. The third kappa shape index (κ3) is 30.5. The third-order valence-electron chi connectivity index (χ3n) is 11.1. The summed E-state index contributed by atoms with van der Waals surface area (Å²) >= 11 is 0. The van der Waals surface area contributed by atoms with Crippen molar-refractivity contribution in [2.75, 3.05) is 46.9 Å². The number of unbranched alkanes of at least 4 members (excludes halogenated alkanes) is 19. The highest BCUT2D eigenvalue weighted by atomic mass is 16.6. The summed E-state index contributed by atoms with van der Waals surface area (Å²) in [5.41, 5.74) is 0. The van der Waals surface area contributed by atoms with Gasteiger partial charge in [-0.25, -0.2) is 0 Å². The van der Waals surface area contributed by atoms with Gasteiger partial charge in [0.2, 0.25) is 0 Å². The molecule has 0 aromatic heterocycles. The van der Waals surface area contributed by atoms with Gasteiger partial charge < -0.3 is 23.8 Å². The van der Waals surface area contributed by atoms with Crippen molar-refractivity contribution in [1.82, 2.24) is 9.80 Å². The molecule has 2 unspecified atom stereocenters. The number of hydrogen-bond donors (Lipinski definition) is 0. The van der Waals surface area contributed by atoms with Crippen LogP contribution in [0.4, 0.5) is 0 Å². The van der Waals surface area contributed by atoms with Crippen molar-refractivity contribution in [2.45, 2.75) is 232 Å². The van der Waals surface area contributed by atoms with E-state index in [1.54, 1.807) is 0 Å². The molecule has 1 rings (SSSR count). The van der Waals surface area contributed by atoms with Gasteiger partial charge in [-0.2, -0.15) is 0 Å². The molecule has 57 heavy (non-hydrogen) atoms. The van der Waals surface area contributed by atoms with E-state index in [-0.39, 0.29) is 36.1 Å². The van der Waals surface area contributed by atoms with Gasteiger partial charge in [0, 0.05) is 32.4 Å². The van der Waals surface area contributed by atoms with Crippen LogP contribution in [0.25, 0.3) is 0 Å². The second-order valence-electron chi connectivity index (χ2n) is 16.9. The van der Waals surface area contributed by atoms with Crippen molar-refractivity contribution in [2.24, 2.45) is 0 Å². The third-order valence-corrected chi connectivity index (χ3v) is 11.1. The summed E-state index contributed by atoms with van der Waals surface area (Å²) in [6, 6.07) is -0.443. The first-order valence-corrected chi connectivity index (χ1v) is 23.8. The summed E-state index contributed by atoms with van der Waals surface area (Å²) in [6.07, 6.45) is 29.6. The Bertz CT molecular complexity index is 1010. The zero-order valence-corrected chi connectivity index (χ0v) is 37.6. The molecule has 0 aliphatic carbocycles. The quantitative estimate of drug-likeness (QED) is 0.0338. The van der Waals surface area contributed by atoms with Crippen LogP contribution in [0.5, 0.6) is 0 Å². The molecule has 0 aromatic rings. The van der Waals surface area contributed by atoms with E-state index in [4.69, 9.17) is 18.9 Å².